The predicted molar refractivity (Wildman–Crippen MR) is 276 cm³/mol. The summed E-state index contributed by atoms with van der Waals surface area (Å²) in [5.41, 5.74) is 18.2. The molecule has 2 aliphatic heterocycles. The molecule has 0 spiro atoms. The fourth-order valence-electron chi connectivity index (χ4n) is 10.8. The largest absolute Gasteiger partial charge is 0.376 e. The van der Waals surface area contributed by atoms with Gasteiger partial charge in [-0.25, -0.2) is 0 Å². The van der Waals surface area contributed by atoms with E-state index in [1.165, 1.54) is 124 Å². The summed E-state index contributed by atoms with van der Waals surface area (Å²) in [6.45, 7) is 13.9. The number of fused-ring (bicyclic) bond motifs is 12. The van der Waals surface area contributed by atoms with Gasteiger partial charge in [-0.3, -0.25) is 0 Å². The lowest BCUT2D eigenvalue weighted by Gasteiger charge is -2.42. The maximum atomic E-state index is 2.68. The third kappa shape index (κ3) is 5.36. The fourth-order valence-corrected chi connectivity index (χ4v) is 13.1. The van der Waals surface area contributed by atoms with E-state index in [1.807, 2.05) is 22.7 Å². The van der Waals surface area contributed by atoms with E-state index in [9.17, 15) is 0 Å². The summed E-state index contributed by atoms with van der Waals surface area (Å²) in [6, 6.07) is 62.7. The van der Waals surface area contributed by atoms with Gasteiger partial charge in [-0.2, -0.15) is 0 Å². The third-order valence-corrected chi connectivity index (χ3v) is 16.2. The molecule has 0 amide bonds. The number of thiophene rings is 2. The van der Waals surface area contributed by atoms with Gasteiger partial charge in [-0.15, -0.1) is 22.7 Å². The van der Waals surface area contributed by atoms with Gasteiger partial charge in [0.15, 0.2) is 0 Å². The summed E-state index contributed by atoms with van der Waals surface area (Å²) in [6.07, 6.45) is 0. The van der Waals surface area contributed by atoms with Crippen LogP contribution in [0.1, 0.15) is 52.7 Å². The van der Waals surface area contributed by atoms with Crippen molar-refractivity contribution in [1.29, 1.82) is 0 Å². The Hall–Kier alpha value is -6.40. The molecule has 0 unspecified atom stereocenters. The molecule has 5 heteroatoms. The van der Waals surface area contributed by atoms with Crippen molar-refractivity contribution >= 4 is 104 Å². The van der Waals surface area contributed by atoms with E-state index in [0.29, 0.717) is 0 Å². The number of nitrogens with zero attached hydrogens (tertiary/aromatic N) is 2. The molecule has 13 rings (SSSR count). The number of anilines is 2. The van der Waals surface area contributed by atoms with Crippen molar-refractivity contribution in [2.75, 3.05) is 4.81 Å². The fraction of sp³-hybridized carbons (Fsp3) is 0.138. The van der Waals surface area contributed by atoms with Gasteiger partial charge in [0, 0.05) is 74.1 Å². The van der Waals surface area contributed by atoms with Crippen molar-refractivity contribution in [3.8, 4) is 38.4 Å². The maximum absolute atomic E-state index is 2.68. The summed E-state index contributed by atoms with van der Waals surface area (Å²) in [5.74, 6) is 0. The molecule has 3 aromatic heterocycles. The summed E-state index contributed by atoms with van der Waals surface area (Å²) in [4.78, 5) is 3.99. The van der Waals surface area contributed by atoms with Gasteiger partial charge in [0.1, 0.15) is 0 Å². The third-order valence-electron chi connectivity index (χ3n) is 13.9. The van der Waals surface area contributed by atoms with Crippen LogP contribution in [0.15, 0.2) is 164 Å². The number of aromatic nitrogens is 1. The first-order valence-electron chi connectivity index (χ1n) is 22.2. The highest BCUT2D eigenvalue weighted by atomic mass is 32.1. The Bertz CT molecular complexity index is 3690. The van der Waals surface area contributed by atoms with Crippen molar-refractivity contribution in [3.05, 3.63) is 175 Å². The van der Waals surface area contributed by atoms with Gasteiger partial charge in [0.2, 0.25) is 0 Å². The van der Waals surface area contributed by atoms with Crippen LogP contribution in [0.3, 0.4) is 0 Å². The van der Waals surface area contributed by atoms with E-state index >= 15 is 0 Å². The molecule has 11 aromatic rings. The molecule has 0 fully saturated rings. The summed E-state index contributed by atoms with van der Waals surface area (Å²) in [7, 11) is 0. The standard InChI is InChI=1S/C58H45BN2S2/c1-57(2,3)36-21-24-38(25-22-36)61-47-28-23-37(58(4,5)6)29-42(47)40-26-27-41-43-32-51-44(39-19-13-14-20-50(39)62-51)30-48(43)60-49-31-45-52(33-46(49)59(61)54(40)55(41)60)63-56(35-17-11-8-12-18-35)53(45)34-15-9-7-10-16-34/h7-33H,1-6H3. The van der Waals surface area contributed by atoms with E-state index in [-0.39, 0.29) is 17.7 Å². The van der Waals surface area contributed by atoms with Crippen molar-refractivity contribution in [1.82, 2.24) is 4.57 Å². The monoisotopic (exact) mass is 844 g/mol. The molecule has 2 nitrogen and oxygen atoms in total. The first-order chi connectivity index (χ1) is 30.5. The van der Waals surface area contributed by atoms with Gasteiger partial charge in [-0.1, -0.05) is 151 Å². The van der Waals surface area contributed by atoms with Crippen molar-refractivity contribution in [2.45, 2.75) is 52.4 Å². The maximum Gasteiger partial charge on any atom is 0.333 e. The SMILES string of the molecule is CC(C)(C)c1ccc(N2B3c4cc5sc(-c6ccccc6)c(-c6ccccc6)c5cc4-n4c5cc6c(cc5c5ccc(c3c54)-c3cc(C(C)(C)C)ccc32)sc2ccccc26)cc1. The van der Waals surface area contributed by atoms with Crippen LogP contribution in [0.25, 0.3) is 90.4 Å². The number of hydrogen-bond donors (Lipinski definition) is 0. The lowest BCUT2D eigenvalue weighted by Crippen LogP contribution is -2.60. The highest BCUT2D eigenvalue weighted by Crippen LogP contribution is 2.50. The van der Waals surface area contributed by atoms with E-state index in [0.717, 1.165) is 0 Å². The normalized spacial score (nSPS) is 13.5. The lowest BCUT2D eigenvalue weighted by molar-refractivity contribution is 0.590. The molecule has 0 bridgehead atoms. The van der Waals surface area contributed by atoms with E-state index < -0.39 is 0 Å². The van der Waals surface area contributed by atoms with Gasteiger partial charge >= 0.3 is 6.85 Å². The van der Waals surface area contributed by atoms with Crippen molar-refractivity contribution in [3.63, 3.8) is 0 Å². The smallest absolute Gasteiger partial charge is 0.333 e. The molecule has 0 N–H and O–H groups in total. The minimum absolute atomic E-state index is 0.000114. The molecule has 5 heterocycles. The topological polar surface area (TPSA) is 8.17 Å². The second-order valence-corrected chi connectivity index (χ2v) is 21.9. The highest BCUT2D eigenvalue weighted by molar-refractivity contribution is 7.26. The number of rotatable bonds is 3. The summed E-state index contributed by atoms with van der Waals surface area (Å²) < 4.78 is 6.64. The first-order valence-corrected chi connectivity index (χ1v) is 23.8. The van der Waals surface area contributed by atoms with E-state index in [4.69, 9.17) is 0 Å². The first kappa shape index (κ1) is 37.2. The van der Waals surface area contributed by atoms with Crippen LogP contribution in [0, 0.1) is 0 Å². The second-order valence-electron chi connectivity index (χ2n) is 19.7. The zero-order chi connectivity index (χ0) is 42.5. The molecule has 0 atom stereocenters. The zero-order valence-corrected chi connectivity index (χ0v) is 38.0. The second kappa shape index (κ2) is 13.1. The van der Waals surface area contributed by atoms with Crippen molar-refractivity contribution < 1.29 is 0 Å². The van der Waals surface area contributed by atoms with Crippen LogP contribution in [-0.4, -0.2) is 11.4 Å². The molecule has 2 aliphatic rings. The van der Waals surface area contributed by atoms with Gasteiger partial charge in [0.25, 0.3) is 0 Å². The van der Waals surface area contributed by atoms with Crippen molar-refractivity contribution in [2.24, 2.45) is 0 Å². The molecule has 0 aliphatic carbocycles. The van der Waals surface area contributed by atoms with E-state index in [1.54, 1.807) is 0 Å². The van der Waals surface area contributed by atoms with Crippen LogP contribution in [0.5, 0.6) is 0 Å². The van der Waals surface area contributed by atoms with Crippen LogP contribution >= 0.6 is 22.7 Å². The molecular weight excluding hydrogens is 800 g/mol. The summed E-state index contributed by atoms with van der Waals surface area (Å²) >= 11 is 3.84. The predicted octanol–water partition coefficient (Wildman–Crippen LogP) is 15.5. The van der Waals surface area contributed by atoms with Gasteiger partial charge < -0.3 is 9.38 Å². The molecular formula is C58H45BN2S2. The molecule has 8 aromatic carbocycles. The van der Waals surface area contributed by atoms with E-state index in [2.05, 4.69) is 215 Å². The Morgan fingerprint density at radius 3 is 1.89 bits per heavy atom. The molecule has 302 valence electrons. The van der Waals surface area contributed by atoms with Crippen LogP contribution < -0.4 is 15.7 Å². The average Bonchev–Trinajstić information content (AvgIpc) is 3.96. The Kier molecular flexibility index (Phi) is 7.72. The van der Waals surface area contributed by atoms with Crippen LogP contribution in [0.2, 0.25) is 0 Å². The zero-order valence-electron chi connectivity index (χ0n) is 36.4. The van der Waals surface area contributed by atoms with Gasteiger partial charge in [-0.05, 0) is 104 Å². The Labute approximate surface area is 376 Å². The quantitative estimate of drug-likeness (QED) is 0.161. The molecule has 63 heavy (non-hydrogen) atoms. The minimum atomic E-state index is -0.0576. The number of benzene rings is 8. The highest BCUT2D eigenvalue weighted by Gasteiger charge is 2.44. The number of hydrogen-bond acceptors (Lipinski definition) is 3. The Balaban J connectivity index is 1.20. The Morgan fingerprint density at radius 2 is 1.14 bits per heavy atom. The minimum Gasteiger partial charge on any atom is -0.376 e. The lowest BCUT2D eigenvalue weighted by atomic mass is 9.44. The van der Waals surface area contributed by atoms with Crippen LogP contribution in [-0.2, 0) is 10.8 Å². The van der Waals surface area contributed by atoms with Gasteiger partial charge in [0.05, 0.1) is 11.0 Å². The molecule has 0 saturated heterocycles. The average molecular weight is 845 g/mol. The Morgan fingerprint density at radius 1 is 0.460 bits per heavy atom. The molecule has 0 radical (unpaired) electrons. The summed E-state index contributed by atoms with van der Waals surface area (Å²) in [5, 5.41) is 6.58. The van der Waals surface area contributed by atoms with Crippen LogP contribution in [0.4, 0.5) is 11.4 Å². The molecule has 0 saturated carbocycles.